The largest absolute Gasteiger partial charge is 0.457 e. The summed E-state index contributed by atoms with van der Waals surface area (Å²) in [6, 6.07) is 0. The predicted octanol–water partition coefficient (Wildman–Crippen LogP) is 12.2. The SMILES string of the molecule is CC/C=C\C/C=C\C/C=C\C/C=C\C/C=C\CC(=O)OC(CO)COCCCCCCCCC/C=C\C/C=C\C/C=C\CCCCC. The number of carbonyl (C=O) groups excluding carboxylic acids is 1. The minimum absolute atomic E-state index is 0.203. The summed E-state index contributed by atoms with van der Waals surface area (Å²) in [5, 5.41) is 9.54. The number of allylic oxidation sites excluding steroid dienone is 15. The fraction of sp³-hybridized carbons (Fsp3) is 0.605. The molecule has 0 radical (unpaired) electrons. The van der Waals surface area contributed by atoms with Crippen molar-refractivity contribution in [2.45, 2.75) is 148 Å². The van der Waals surface area contributed by atoms with E-state index >= 15 is 0 Å². The van der Waals surface area contributed by atoms with Gasteiger partial charge in [0, 0.05) is 6.61 Å². The number of hydrogen-bond acceptors (Lipinski definition) is 4. The molecule has 47 heavy (non-hydrogen) atoms. The molecule has 1 atom stereocenters. The molecule has 0 amide bonds. The molecule has 0 fully saturated rings. The molecule has 0 saturated heterocycles. The highest BCUT2D eigenvalue weighted by Crippen LogP contribution is 2.10. The van der Waals surface area contributed by atoms with Crippen LogP contribution in [0.3, 0.4) is 0 Å². The summed E-state index contributed by atoms with van der Waals surface area (Å²) in [7, 11) is 0. The van der Waals surface area contributed by atoms with Crippen LogP contribution in [0.5, 0.6) is 0 Å². The molecule has 0 aliphatic rings. The van der Waals surface area contributed by atoms with Crippen molar-refractivity contribution in [1.29, 1.82) is 0 Å². The van der Waals surface area contributed by atoms with E-state index in [4.69, 9.17) is 9.47 Å². The second-order valence-corrected chi connectivity index (χ2v) is 11.9. The van der Waals surface area contributed by atoms with E-state index in [1.807, 2.05) is 12.2 Å². The van der Waals surface area contributed by atoms with Crippen LogP contribution in [0, 0.1) is 0 Å². The van der Waals surface area contributed by atoms with Gasteiger partial charge in [0.15, 0.2) is 0 Å². The fourth-order valence-corrected chi connectivity index (χ4v) is 4.64. The Morgan fingerprint density at radius 3 is 1.45 bits per heavy atom. The maximum Gasteiger partial charge on any atom is 0.310 e. The molecule has 4 nitrogen and oxygen atoms in total. The van der Waals surface area contributed by atoms with Gasteiger partial charge in [-0.05, 0) is 77.0 Å². The van der Waals surface area contributed by atoms with E-state index in [0.29, 0.717) is 6.61 Å². The average Bonchev–Trinajstić information content (AvgIpc) is 3.08. The topological polar surface area (TPSA) is 55.8 Å². The molecule has 0 aromatic carbocycles. The number of rotatable bonds is 33. The lowest BCUT2D eigenvalue weighted by molar-refractivity contribution is -0.153. The molecule has 0 aromatic rings. The Kier molecular flexibility index (Phi) is 37.2. The van der Waals surface area contributed by atoms with Gasteiger partial charge in [0.05, 0.1) is 19.6 Å². The van der Waals surface area contributed by atoms with Crippen molar-refractivity contribution < 1.29 is 19.4 Å². The minimum Gasteiger partial charge on any atom is -0.457 e. The van der Waals surface area contributed by atoms with Crippen molar-refractivity contribution in [3.8, 4) is 0 Å². The monoisotopic (exact) mass is 651 g/mol. The molecule has 0 aliphatic carbocycles. The van der Waals surface area contributed by atoms with Gasteiger partial charge in [0.1, 0.15) is 6.10 Å². The van der Waals surface area contributed by atoms with Gasteiger partial charge < -0.3 is 14.6 Å². The molecule has 0 saturated carbocycles. The summed E-state index contributed by atoms with van der Waals surface area (Å²) in [6.07, 6.45) is 56.1. The second-order valence-electron chi connectivity index (χ2n) is 11.9. The molecule has 0 rings (SSSR count). The number of unbranched alkanes of at least 4 members (excludes halogenated alkanes) is 10. The highest BCUT2D eigenvalue weighted by molar-refractivity contribution is 5.71. The third kappa shape index (κ3) is 37.6. The first kappa shape index (κ1) is 44.3. The van der Waals surface area contributed by atoms with Crippen LogP contribution in [0.1, 0.15) is 142 Å². The molecule has 266 valence electrons. The van der Waals surface area contributed by atoms with Crippen molar-refractivity contribution in [1.82, 2.24) is 0 Å². The van der Waals surface area contributed by atoms with E-state index in [1.54, 1.807) is 0 Å². The van der Waals surface area contributed by atoms with Gasteiger partial charge in [-0.2, -0.15) is 0 Å². The number of aliphatic hydroxyl groups is 1. The lowest BCUT2D eigenvalue weighted by Crippen LogP contribution is -2.27. The van der Waals surface area contributed by atoms with Gasteiger partial charge in [-0.25, -0.2) is 0 Å². The molecule has 4 heteroatoms. The summed E-state index contributed by atoms with van der Waals surface area (Å²) < 4.78 is 11.0. The summed E-state index contributed by atoms with van der Waals surface area (Å²) >= 11 is 0. The van der Waals surface area contributed by atoms with E-state index < -0.39 is 6.10 Å². The van der Waals surface area contributed by atoms with Crippen molar-refractivity contribution in [2.75, 3.05) is 19.8 Å². The highest BCUT2D eigenvalue weighted by Gasteiger charge is 2.12. The highest BCUT2D eigenvalue weighted by atomic mass is 16.6. The first-order chi connectivity index (χ1) is 23.2. The lowest BCUT2D eigenvalue weighted by Gasteiger charge is -2.15. The molecule has 1 N–H and O–H groups in total. The standard InChI is InChI=1S/C43H70O4/c1-3-5-7-9-11-13-15-17-19-20-21-22-23-25-27-29-31-33-35-37-39-46-41-42(40-44)47-43(45)38-36-34-32-30-28-26-24-18-16-14-12-10-8-6-4-2/h6,8,11-14,17-19,21-22,24,28,30,34,36,42,44H,3-5,7,9-10,15-16,20,23,25-27,29,31-33,35,37-41H2,1-2H3/b8-6-,13-11-,14-12-,19-17-,22-21-,24-18-,30-28-,36-34-. The Hall–Kier alpha value is -2.69. The summed E-state index contributed by atoms with van der Waals surface area (Å²) in [6.45, 7) is 5.05. The molecule has 0 aliphatic heterocycles. The third-order valence-electron chi connectivity index (χ3n) is 7.43. The van der Waals surface area contributed by atoms with Crippen molar-refractivity contribution in [2.24, 2.45) is 0 Å². The van der Waals surface area contributed by atoms with E-state index in [-0.39, 0.29) is 25.6 Å². The average molecular weight is 651 g/mol. The normalized spacial score (nSPS) is 13.5. The molecule has 0 heterocycles. The first-order valence-corrected chi connectivity index (χ1v) is 18.8. The van der Waals surface area contributed by atoms with Crippen LogP contribution in [-0.2, 0) is 14.3 Å². The maximum atomic E-state index is 12.1. The van der Waals surface area contributed by atoms with Crippen LogP contribution in [0.15, 0.2) is 97.2 Å². The van der Waals surface area contributed by atoms with Gasteiger partial charge >= 0.3 is 5.97 Å². The van der Waals surface area contributed by atoms with E-state index in [0.717, 1.165) is 57.8 Å². The number of esters is 1. The number of ether oxygens (including phenoxy) is 2. The van der Waals surface area contributed by atoms with Crippen LogP contribution in [0.2, 0.25) is 0 Å². The zero-order valence-electron chi connectivity index (χ0n) is 30.3. The second kappa shape index (κ2) is 39.5. The Bertz CT molecular complexity index is 903. The molecule has 1 unspecified atom stereocenters. The van der Waals surface area contributed by atoms with Crippen LogP contribution in [0.25, 0.3) is 0 Å². The molecule has 0 bridgehead atoms. The van der Waals surface area contributed by atoms with Crippen LogP contribution in [-0.4, -0.2) is 37.0 Å². The quantitative estimate of drug-likeness (QED) is 0.0436. The Morgan fingerprint density at radius 2 is 0.957 bits per heavy atom. The molecular formula is C43H70O4. The number of hydrogen-bond donors (Lipinski definition) is 1. The third-order valence-corrected chi connectivity index (χ3v) is 7.43. The Balaban J connectivity index is 3.62. The smallest absolute Gasteiger partial charge is 0.310 e. The predicted molar refractivity (Wildman–Crippen MR) is 205 cm³/mol. The van der Waals surface area contributed by atoms with E-state index in [2.05, 4.69) is 98.9 Å². The minimum atomic E-state index is -0.599. The lowest BCUT2D eigenvalue weighted by atomic mass is 10.1. The van der Waals surface area contributed by atoms with Crippen molar-refractivity contribution >= 4 is 5.97 Å². The number of aliphatic hydroxyl groups excluding tert-OH is 1. The number of carbonyl (C=O) groups is 1. The van der Waals surface area contributed by atoms with Crippen LogP contribution in [0.4, 0.5) is 0 Å². The van der Waals surface area contributed by atoms with Crippen molar-refractivity contribution in [3.63, 3.8) is 0 Å². The van der Waals surface area contributed by atoms with Gasteiger partial charge in [-0.15, -0.1) is 0 Å². The van der Waals surface area contributed by atoms with Gasteiger partial charge in [-0.1, -0.05) is 156 Å². The van der Waals surface area contributed by atoms with Gasteiger partial charge in [0.2, 0.25) is 0 Å². The Morgan fingerprint density at radius 1 is 0.532 bits per heavy atom. The van der Waals surface area contributed by atoms with Crippen LogP contribution < -0.4 is 0 Å². The maximum absolute atomic E-state index is 12.1. The Labute approximate surface area is 290 Å². The van der Waals surface area contributed by atoms with Crippen LogP contribution >= 0.6 is 0 Å². The van der Waals surface area contributed by atoms with Gasteiger partial charge in [-0.3, -0.25) is 4.79 Å². The summed E-state index contributed by atoms with van der Waals surface area (Å²) in [5.41, 5.74) is 0. The van der Waals surface area contributed by atoms with E-state index in [1.165, 1.54) is 64.2 Å². The zero-order valence-corrected chi connectivity index (χ0v) is 30.3. The van der Waals surface area contributed by atoms with Crippen molar-refractivity contribution in [3.05, 3.63) is 97.2 Å². The van der Waals surface area contributed by atoms with Gasteiger partial charge in [0.25, 0.3) is 0 Å². The molecular weight excluding hydrogens is 580 g/mol. The summed E-state index contributed by atoms with van der Waals surface area (Å²) in [4.78, 5) is 12.1. The molecule has 0 spiro atoms. The van der Waals surface area contributed by atoms with E-state index in [9.17, 15) is 9.90 Å². The first-order valence-electron chi connectivity index (χ1n) is 18.8. The zero-order chi connectivity index (χ0) is 34.1. The summed E-state index contributed by atoms with van der Waals surface area (Å²) in [5.74, 6) is -0.335. The molecule has 0 aromatic heterocycles. The fourth-order valence-electron chi connectivity index (χ4n) is 4.64.